The second-order valence-electron chi connectivity index (χ2n) is 3.17. The van der Waals surface area contributed by atoms with Crippen molar-refractivity contribution in [1.29, 1.82) is 0 Å². The van der Waals surface area contributed by atoms with E-state index < -0.39 is 0 Å². The summed E-state index contributed by atoms with van der Waals surface area (Å²) in [6, 6.07) is 0. The molecule has 0 aliphatic carbocycles. The van der Waals surface area contributed by atoms with Gasteiger partial charge in [-0.15, -0.1) is 0 Å². The maximum absolute atomic E-state index is 11.1. The van der Waals surface area contributed by atoms with E-state index >= 15 is 0 Å². The van der Waals surface area contributed by atoms with Gasteiger partial charge < -0.3 is 4.74 Å². The first-order valence-electron chi connectivity index (χ1n) is 4.42. The van der Waals surface area contributed by atoms with Crippen LogP contribution in [-0.2, 0) is 9.53 Å². The first-order valence-corrected chi connectivity index (χ1v) is 4.42. The van der Waals surface area contributed by atoms with E-state index in [4.69, 9.17) is 4.74 Å². The Labute approximate surface area is 74.6 Å². The van der Waals surface area contributed by atoms with Gasteiger partial charge in [0.1, 0.15) is 0 Å². The quantitative estimate of drug-likeness (QED) is 0.478. The summed E-state index contributed by atoms with van der Waals surface area (Å²) in [7, 11) is 0. The summed E-state index contributed by atoms with van der Waals surface area (Å²) in [5.41, 5.74) is 0. The van der Waals surface area contributed by atoms with Crippen LogP contribution in [0.2, 0.25) is 0 Å². The SMILES string of the molecule is CCOC(=O)C(C)/C=C\C(C)C. The highest BCUT2D eigenvalue weighted by Crippen LogP contribution is 2.03. The molecule has 1 atom stereocenters. The fourth-order valence-electron chi connectivity index (χ4n) is 0.741. The van der Waals surface area contributed by atoms with Crippen molar-refractivity contribution in [1.82, 2.24) is 0 Å². The molecule has 0 rings (SSSR count). The van der Waals surface area contributed by atoms with Gasteiger partial charge in [0.2, 0.25) is 0 Å². The summed E-state index contributed by atoms with van der Waals surface area (Å²) < 4.78 is 4.85. The highest BCUT2D eigenvalue weighted by atomic mass is 16.5. The van der Waals surface area contributed by atoms with Crippen LogP contribution in [0.15, 0.2) is 12.2 Å². The third kappa shape index (κ3) is 4.94. The minimum Gasteiger partial charge on any atom is -0.466 e. The van der Waals surface area contributed by atoms with Crippen molar-refractivity contribution in [3.8, 4) is 0 Å². The van der Waals surface area contributed by atoms with E-state index in [-0.39, 0.29) is 11.9 Å². The van der Waals surface area contributed by atoms with Crippen LogP contribution >= 0.6 is 0 Å². The first-order chi connectivity index (χ1) is 5.57. The van der Waals surface area contributed by atoms with Crippen LogP contribution in [0.25, 0.3) is 0 Å². The number of rotatable bonds is 4. The monoisotopic (exact) mass is 170 g/mol. The minimum atomic E-state index is -0.144. The van der Waals surface area contributed by atoms with E-state index in [1.165, 1.54) is 0 Å². The van der Waals surface area contributed by atoms with Gasteiger partial charge in [-0.25, -0.2) is 0 Å². The lowest BCUT2D eigenvalue weighted by atomic mass is 10.1. The van der Waals surface area contributed by atoms with E-state index in [0.717, 1.165) is 0 Å². The van der Waals surface area contributed by atoms with Crippen molar-refractivity contribution < 1.29 is 9.53 Å². The summed E-state index contributed by atoms with van der Waals surface area (Å²) in [4.78, 5) is 11.1. The van der Waals surface area contributed by atoms with Crippen molar-refractivity contribution in [2.75, 3.05) is 6.61 Å². The highest BCUT2D eigenvalue weighted by molar-refractivity contribution is 5.73. The van der Waals surface area contributed by atoms with E-state index in [2.05, 4.69) is 13.8 Å². The third-order valence-corrected chi connectivity index (χ3v) is 1.44. The Morgan fingerprint density at radius 1 is 1.33 bits per heavy atom. The lowest BCUT2D eigenvalue weighted by molar-refractivity contribution is -0.145. The molecule has 2 heteroatoms. The molecule has 0 saturated heterocycles. The zero-order valence-electron chi connectivity index (χ0n) is 8.33. The van der Waals surface area contributed by atoms with Gasteiger partial charge in [0.15, 0.2) is 0 Å². The Kier molecular flexibility index (Phi) is 5.43. The molecule has 0 saturated carbocycles. The predicted octanol–water partition coefficient (Wildman–Crippen LogP) is 2.40. The molecule has 0 radical (unpaired) electrons. The number of carbonyl (C=O) groups excluding carboxylic acids is 1. The predicted molar refractivity (Wildman–Crippen MR) is 49.8 cm³/mol. The molecular weight excluding hydrogens is 152 g/mol. The van der Waals surface area contributed by atoms with Gasteiger partial charge in [0.25, 0.3) is 0 Å². The van der Waals surface area contributed by atoms with Crippen molar-refractivity contribution in [2.24, 2.45) is 11.8 Å². The molecule has 70 valence electrons. The molecule has 0 heterocycles. The van der Waals surface area contributed by atoms with E-state index in [1.807, 2.05) is 26.0 Å². The normalized spacial score (nSPS) is 13.8. The number of carbonyl (C=O) groups is 1. The summed E-state index contributed by atoms with van der Waals surface area (Å²) in [6.45, 7) is 8.27. The Hall–Kier alpha value is -0.790. The van der Waals surface area contributed by atoms with Crippen LogP contribution in [0.4, 0.5) is 0 Å². The lowest BCUT2D eigenvalue weighted by Gasteiger charge is -2.05. The fraction of sp³-hybridized carbons (Fsp3) is 0.700. The Bertz CT molecular complexity index is 159. The molecule has 0 aliphatic rings. The second-order valence-corrected chi connectivity index (χ2v) is 3.17. The zero-order chi connectivity index (χ0) is 9.56. The van der Waals surface area contributed by atoms with Crippen molar-refractivity contribution in [3.63, 3.8) is 0 Å². The Morgan fingerprint density at radius 3 is 2.33 bits per heavy atom. The molecule has 0 aliphatic heterocycles. The zero-order valence-corrected chi connectivity index (χ0v) is 8.33. The van der Waals surface area contributed by atoms with Crippen molar-refractivity contribution in [2.45, 2.75) is 27.7 Å². The molecule has 0 amide bonds. The largest absolute Gasteiger partial charge is 0.466 e. The second kappa shape index (κ2) is 5.81. The van der Waals surface area contributed by atoms with Crippen LogP contribution in [0.5, 0.6) is 0 Å². The van der Waals surface area contributed by atoms with Crippen LogP contribution in [-0.4, -0.2) is 12.6 Å². The standard InChI is InChI=1S/C10H18O2/c1-5-12-10(11)9(4)7-6-8(2)3/h6-9H,5H2,1-4H3/b7-6-. The van der Waals surface area contributed by atoms with Crippen molar-refractivity contribution in [3.05, 3.63) is 12.2 Å². The van der Waals surface area contributed by atoms with Crippen molar-refractivity contribution >= 4 is 5.97 Å². The third-order valence-electron chi connectivity index (χ3n) is 1.44. The van der Waals surface area contributed by atoms with Crippen LogP contribution in [0, 0.1) is 11.8 Å². The average Bonchev–Trinajstić information content (AvgIpc) is 2.00. The van der Waals surface area contributed by atoms with Gasteiger partial charge in [-0.3, -0.25) is 4.79 Å². The van der Waals surface area contributed by atoms with Crippen LogP contribution in [0.3, 0.4) is 0 Å². The molecule has 12 heavy (non-hydrogen) atoms. The van der Waals surface area contributed by atoms with Gasteiger partial charge in [0, 0.05) is 0 Å². The topological polar surface area (TPSA) is 26.3 Å². The molecule has 0 spiro atoms. The van der Waals surface area contributed by atoms with Gasteiger partial charge in [-0.05, 0) is 19.8 Å². The van der Waals surface area contributed by atoms with E-state index in [1.54, 1.807) is 0 Å². The molecule has 0 aromatic heterocycles. The molecule has 0 bridgehead atoms. The maximum Gasteiger partial charge on any atom is 0.312 e. The number of hydrogen-bond donors (Lipinski definition) is 0. The van der Waals surface area contributed by atoms with E-state index in [0.29, 0.717) is 12.5 Å². The van der Waals surface area contributed by atoms with Crippen LogP contribution in [0.1, 0.15) is 27.7 Å². The highest BCUT2D eigenvalue weighted by Gasteiger charge is 2.09. The molecule has 0 N–H and O–H groups in total. The van der Waals surface area contributed by atoms with Gasteiger partial charge in [0.05, 0.1) is 12.5 Å². The number of allylic oxidation sites excluding steroid dienone is 1. The Balaban J connectivity index is 3.86. The molecule has 0 fully saturated rings. The number of ether oxygens (including phenoxy) is 1. The van der Waals surface area contributed by atoms with Gasteiger partial charge >= 0.3 is 5.97 Å². The maximum atomic E-state index is 11.1. The smallest absolute Gasteiger partial charge is 0.312 e. The molecule has 1 unspecified atom stereocenters. The first kappa shape index (κ1) is 11.2. The summed E-state index contributed by atoms with van der Waals surface area (Å²) in [5, 5.41) is 0. The van der Waals surface area contributed by atoms with Gasteiger partial charge in [-0.2, -0.15) is 0 Å². The summed E-state index contributed by atoms with van der Waals surface area (Å²) in [5.74, 6) is 0.226. The molecule has 0 aromatic carbocycles. The average molecular weight is 170 g/mol. The minimum absolute atomic E-state index is 0.118. The number of esters is 1. The lowest BCUT2D eigenvalue weighted by Crippen LogP contribution is -2.12. The van der Waals surface area contributed by atoms with Gasteiger partial charge in [-0.1, -0.05) is 26.0 Å². The number of hydrogen-bond acceptors (Lipinski definition) is 2. The molecule has 0 aromatic rings. The van der Waals surface area contributed by atoms with E-state index in [9.17, 15) is 4.79 Å². The summed E-state index contributed by atoms with van der Waals surface area (Å²) >= 11 is 0. The fourth-order valence-corrected chi connectivity index (χ4v) is 0.741. The molecular formula is C10H18O2. The molecule has 2 nitrogen and oxygen atoms in total. The Morgan fingerprint density at radius 2 is 1.92 bits per heavy atom. The van der Waals surface area contributed by atoms with Crippen LogP contribution < -0.4 is 0 Å². The summed E-state index contributed by atoms with van der Waals surface area (Å²) in [6.07, 6.45) is 3.91.